The Balaban J connectivity index is 1.53. The number of ether oxygens (including phenoxy) is 3. The van der Waals surface area contributed by atoms with Crippen LogP contribution < -0.4 is 14.8 Å². The second-order valence-corrected chi connectivity index (χ2v) is 7.39. The minimum atomic E-state index is -1.02. The molecule has 7 nitrogen and oxygen atoms in total. The molecule has 0 saturated carbocycles. The monoisotopic (exact) mass is 404 g/mol. The van der Waals surface area contributed by atoms with E-state index in [4.69, 9.17) is 25.8 Å². The van der Waals surface area contributed by atoms with Gasteiger partial charge in [0, 0.05) is 18.2 Å². The molecule has 8 heteroatoms. The number of anilines is 1. The summed E-state index contributed by atoms with van der Waals surface area (Å²) in [6.45, 7) is 5.09. The zero-order chi connectivity index (χ0) is 20.3. The standard InChI is InChI=1S/C20H21ClN2O5/c1-12(19(25)23-14-7-5-9-22-18(14)21)27-16(24)11-26-15-8-4-6-13-10-20(2,3)28-17(13)15/h4-9,12H,10-11H2,1-3H3,(H,23,25). The van der Waals surface area contributed by atoms with Crippen LogP contribution in [0.2, 0.25) is 5.15 Å². The average Bonchev–Trinajstić information content (AvgIpc) is 2.96. The van der Waals surface area contributed by atoms with Crippen LogP contribution in [0.15, 0.2) is 36.5 Å². The van der Waals surface area contributed by atoms with E-state index in [2.05, 4.69) is 10.3 Å². The largest absolute Gasteiger partial charge is 0.483 e. The van der Waals surface area contributed by atoms with E-state index >= 15 is 0 Å². The van der Waals surface area contributed by atoms with Crippen molar-refractivity contribution in [2.24, 2.45) is 0 Å². The van der Waals surface area contributed by atoms with Gasteiger partial charge in [-0.1, -0.05) is 23.7 Å². The van der Waals surface area contributed by atoms with Crippen molar-refractivity contribution in [3.63, 3.8) is 0 Å². The summed E-state index contributed by atoms with van der Waals surface area (Å²) in [5.74, 6) is -0.0830. The quantitative estimate of drug-likeness (QED) is 0.586. The van der Waals surface area contributed by atoms with Crippen molar-refractivity contribution in [3.05, 3.63) is 47.2 Å². The maximum atomic E-state index is 12.2. The van der Waals surface area contributed by atoms with Gasteiger partial charge in [0.2, 0.25) is 0 Å². The molecule has 1 aromatic heterocycles. The SMILES string of the molecule is CC(OC(=O)COc1cccc2c1OC(C)(C)C2)C(=O)Nc1cccnc1Cl. The lowest BCUT2D eigenvalue weighted by Gasteiger charge is -2.18. The lowest BCUT2D eigenvalue weighted by atomic mass is 10.0. The first-order chi connectivity index (χ1) is 13.2. The molecule has 0 fully saturated rings. The number of nitrogens with zero attached hydrogens (tertiary/aromatic N) is 1. The van der Waals surface area contributed by atoms with Gasteiger partial charge in [0.25, 0.3) is 5.91 Å². The Morgan fingerprint density at radius 3 is 2.86 bits per heavy atom. The number of amides is 1. The van der Waals surface area contributed by atoms with Gasteiger partial charge in [0.15, 0.2) is 29.4 Å². The van der Waals surface area contributed by atoms with E-state index in [-0.39, 0.29) is 17.4 Å². The molecule has 1 amide bonds. The van der Waals surface area contributed by atoms with E-state index in [0.717, 1.165) is 12.0 Å². The molecule has 1 N–H and O–H groups in total. The molecule has 0 radical (unpaired) electrons. The minimum absolute atomic E-state index is 0.151. The van der Waals surface area contributed by atoms with E-state index in [0.29, 0.717) is 17.2 Å². The molecule has 2 heterocycles. The van der Waals surface area contributed by atoms with Crippen LogP contribution in [0, 0.1) is 0 Å². The molecule has 28 heavy (non-hydrogen) atoms. The molecule has 2 aromatic rings. The van der Waals surface area contributed by atoms with Crippen molar-refractivity contribution < 1.29 is 23.8 Å². The topological polar surface area (TPSA) is 86.8 Å². The molecule has 148 valence electrons. The number of hydrogen-bond donors (Lipinski definition) is 1. The van der Waals surface area contributed by atoms with Gasteiger partial charge in [0.05, 0.1) is 5.69 Å². The molecule has 0 spiro atoms. The number of para-hydroxylation sites is 1. The van der Waals surface area contributed by atoms with Crippen LogP contribution in [0.4, 0.5) is 5.69 Å². The van der Waals surface area contributed by atoms with Gasteiger partial charge < -0.3 is 19.5 Å². The molecule has 3 rings (SSSR count). The highest BCUT2D eigenvalue weighted by Gasteiger charge is 2.32. The summed E-state index contributed by atoms with van der Waals surface area (Å²) in [6, 6.07) is 8.77. The first-order valence-electron chi connectivity index (χ1n) is 8.80. The Bertz CT molecular complexity index is 900. The molecule has 0 aliphatic carbocycles. The number of halogens is 1. The summed E-state index contributed by atoms with van der Waals surface area (Å²) in [6.07, 6.45) is 1.24. The third-order valence-electron chi connectivity index (χ3n) is 4.09. The van der Waals surface area contributed by atoms with Crippen LogP contribution in [0.5, 0.6) is 11.5 Å². The Morgan fingerprint density at radius 2 is 2.11 bits per heavy atom. The maximum absolute atomic E-state index is 12.2. The Hall–Kier alpha value is -2.80. The predicted molar refractivity (Wildman–Crippen MR) is 104 cm³/mol. The molecule has 1 atom stereocenters. The van der Waals surface area contributed by atoms with Gasteiger partial charge in [-0.3, -0.25) is 4.79 Å². The van der Waals surface area contributed by atoms with Crippen molar-refractivity contribution >= 4 is 29.2 Å². The van der Waals surface area contributed by atoms with Crippen molar-refractivity contribution in [2.45, 2.75) is 38.9 Å². The van der Waals surface area contributed by atoms with Crippen LogP contribution in [0.3, 0.4) is 0 Å². The zero-order valence-corrected chi connectivity index (χ0v) is 16.6. The van der Waals surface area contributed by atoms with E-state index in [1.165, 1.54) is 13.1 Å². The molecule has 1 aliphatic rings. The summed E-state index contributed by atoms with van der Waals surface area (Å²) >= 11 is 5.90. The van der Waals surface area contributed by atoms with Gasteiger partial charge in [-0.05, 0) is 39.0 Å². The third-order valence-corrected chi connectivity index (χ3v) is 4.40. The number of rotatable bonds is 6. The van der Waals surface area contributed by atoms with Crippen molar-refractivity contribution in [1.82, 2.24) is 4.98 Å². The number of esters is 1. The molecule has 1 unspecified atom stereocenters. The van der Waals surface area contributed by atoms with E-state index in [9.17, 15) is 9.59 Å². The highest BCUT2D eigenvalue weighted by molar-refractivity contribution is 6.32. The number of fused-ring (bicyclic) bond motifs is 1. The predicted octanol–water partition coefficient (Wildman–Crippen LogP) is 3.40. The highest BCUT2D eigenvalue weighted by Crippen LogP contribution is 2.41. The van der Waals surface area contributed by atoms with Gasteiger partial charge in [-0.25, -0.2) is 9.78 Å². The summed E-state index contributed by atoms with van der Waals surface area (Å²) in [5.41, 5.74) is 1.05. The summed E-state index contributed by atoms with van der Waals surface area (Å²) < 4.78 is 16.6. The Labute approximate surface area is 168 Å². The molecule has 1 aromatic carbocycles. The van der Waals surface area contributed by atoms with Crippen LogP contribution in [-0.2, 0) is 20.7 Å². The number of carbonyl (C=O) groups is 2. The first kappa shape index (κ1) is 19.9. The lowest BCUT2D eigenvalue weighted by Crippen LogP contribution is -2.31. The van der Waals surface area contributed by atoms with E-state index in [1.54, 1.807) is 18.2 Å². The maximum Gasteiger partial charge on any atom is 0.344 e. The molecule has 0 bridgehead atoms. The molecular weight excluding hydrogens is 384 g/mol. The van der Waals surface area contributed by atoms with E-state index < -0.39 is 18.0 Å². The van der Waals surface area contributed by atoms with Crippen molar-refractivity contribution in [2.75, 3.05) is 11.9 Å². The normalized spacial score (nSPS) is 15.1. The smallest absolute Gasteiger partial charge is 0.344 e. The fraction of sp³-hybridized carbons (Fsp3) is 0.350. The van der Waals surface area contributed by atoms with Crippen molar-refractivity contribution in [1.29, 1.82) is 0 Å². The second-order valence-electron chi connectivity index (χ2n) is 7.03. The Morgan fingerprint density at radius 1 is 1.32 bits per heavy atom. The van der Waals surface area contributed by atoms with Gasteiger partial charge in [0.1, 0.15) is 5.60 Å². The van der Waals surface area contributed by atoms with Crippen LogP contribution >= 0.6 is 11.6 Å². The third kappa shape index (κ3) is 4.72. The summed E-state index contributed by atoms with van der Waals surface area (Å²) in [7, 11) is 0. The van der Waals surface area contributed by atoms with Gasteiger partial charge in [-0.15, -0.1) is 0 Å². The summed E-state index contributed by atoms with van der Waals surface area (Å²) in [5, 5.41) is 2.71. The van der Waals surface area contributed by atoms with E-state index in [1.807, 2.05) is 26.0 Å². The molecule has 0 saturated heterocycles. The zero-order valence-electron chi connectivity index (χ0n) is 15.8. The van der Waals surface area contributed by atoms with Crippen LogP contribution in [0.1, 0.15) is 26.3 Å². The fourth-order valence-corrected chi connectivity index (χ4v) is 3.00. The number of pyridine rings is 1. The van der Waals surface area contributed by atoms with Crippen LogP contribution in [-0.4, -0.2) is 35.2 Å². The highest BCUT2D eigenvalue weighted by atomic mass is 35.5. The number of benzene rings is 1. The second kappa shape index (κ2) is 8.06. The number of carbonyl (C=O) groups excluding carboxylic acids is 2. The average molecular weight is 405 g/mol. The first-order valence-corrected chi connectivity index (χ1v) is 9.17. The number of nitrogens with one attached hydrogen (secondary N) is 1. The number of aromatic nitrogens is 1. The van der Waals surface area contributed by atoms with Crippen molar-refractivity contribution in [3.8, 4) is 11.5 Å². The molecule has 1 aliphatic heterocycles. The fourth-order valence-electron chi connectivity index (χ4n) is 2.84. The summed E-state index contributed by atoms with van der Waals surface area (Å²) in [4.78, 5) is 28.1. The minimum Gasteiger partial charge on any atom is -0.483 e. The number of hydrogen-bond acceptors (Lipinski definition) is 6. The van der Waals surface area contributed by atoms with Crippen LogP contribution in [0.25, 0.3) is 0 Å². The Kier molecular flexibility index (Phi) is 5.74. The van der Waals surface area contributed by atoms with Gasteiger partial charge in [-0.2, -0.15) is 0 Å². The molecular formula is C20H21ClN2O5. The lowest BCUT2D eigenvalue weighted by molar-refractivity contribution is -0.155. The van der Waals surface area contributed by atoms with Gasteiger partial charge >= 0.3 is 5.97 Å².